The number of hydrogen-bond acceptors (Lipinski definition) is 5. The minimum absolute atomic E-state index is 0.0397. The van der Waals surface area contributed by atoms with E-state index >= 15 is 0 Å². The van der Waals surface area contributed by atoms with Crippen molar-refractivity contribution in [3.05, 3.63) is 59.3 Å². The number of piperidine rings is 1. The summed E-state index contributed by atoms with van der Waals surface area (Å²) in [4.78, 5) is 48.9. The number of amides is 2. The fraction of sp³-hybridized carbons (Fsp3) is 0.515. The number of nitrogens with one attached hydrogen (secondary N) is 1. The van der Waals surface area contributed by atoms with Crippen LogP contribution in [-0.4, -0.2) is 74.2 Å². The largest absolute Gasteiger partial charge is 0.341 e. The number of ketones is 1. The van der Waals surface area contributed by atoms with Gasteiger partial charge in [0.1, 0.15) is 5.82 Å². The average Bonchev–Trinajstić information content (AvgIpc) is 3.51. The topological polar surface area (TPSA) is 87.5 Å². The molecule has 1 saturated carbocycles. The lowest BCUT2D eigenvalue weighted by Gasteiger charge is -2.33. The van der Waals surface area contributed by atoms with Crippen LogP contribution < -0.4 is 5.32 Å². The lowest BCUT2D eigenvalue weighted by Crippen LogP contribution is -2.49. The lowest BCUT2D eigenvalue weighted by molar-refractivity contribution is -0.134. The lowest BCUT2D eigenvalue weighted by atomic mass is 9.87. The highest BCUT2D eigenvalue weighted by Gasteiger charge is 2.50. The zero-order valence-electron chi connectivity index (χ0n) is 25.0. The minimum Gasteiger partial charge on any atom is -0.341 e. The Labute approximate surface area is 246 Å². The molecule has 2 amide bonds. The molecule has 4 heterocycles. The molecule has 6 rings (SSSR count). The molecule has 2 saturated heterocycles. The van der Waals surface area contributed by atoms with E-state index in [0.29, 0.717) is 54.9 Å². The van der Waals surface area contributed by atoms with Crippen molar-refractivity contribution in [2.24, 2.45) is 5.92 Å². The molecule has 3 fully saturated rings. The van der Waals surface area contributed by atoms with Crippen molar-refractivity contribution in [2.45, 2.75) is 83.8 Å². The number of Topliss-reactive ketones (excluding diaryl/α,β-unsaturated/α-hetero) is 1. The highest BCUT2D eigenvalue weighted by atomic mass is 19.1. The fourth-order valence-electron chi connectivity index (χ4n) is 7.11. The van der Waals surface area contributed by atoms with Gasteiger partial charge in [-0.2, -0.15) is 0 Å². The Morgan fingerprint density at radius 3 is 2.50 bits per heavy atom. The molecule has 42 heavy (non-hydrogen) atoms. The summed E-state index contributed by atoms with van der Waals surface area (Å²) < 4.78 is 16.4. The average molecular weight is 574 g/mol. The van der Waals surface area contributed by atoms with Crippen LogP contribution in [0, 0.1) is 18.7 Å². The second kappa shape index (κ2) is 10.9. The van der Waals surface area contributed by atoms with Gasteiger partial charge in [0.25, 0.3) is 5.91 Å². The van der Waals surface area contributed by atoms with E-state index in [2.05, 4.69) is 10.3 Å². The summed E-state index contributed by atoms with van der Waals surface area (Å²) in [5.41, 5.74) is 2.97. The predicted octanol–water partition coefficient (Wildman–Crippen LogP) is 5.05. The van der Waals surface area contributed by atoms with Crippen LogP contribution in [0.1, 0.15) is 85.7 Å². The molecule has 0 radical (unpaired) electrons. The fourth-order valence-corrected chi connectivity index (χ4v) is 7.11. The van der Waals surface area contributed by atoms with Crippen molar-refractivity contribution in [1.82, 2.24) is 24.7 Å². The first kappa shape index (κ1) is 28.5. The molecule has 1 spiro atoms. The number of benzene rings is 1. The molecule has 2 aromatic heterocycles. The van der Waals surface area contributed by atoms with Crippen molar-refractivity contribution >= 4 is 28.5 Å². The molecular formula is C33H40FN5O3. The van der Waals surface area contributed by atoms with Crippen LogP contribution in [0.3, 0.4) is 0 Å². The predicted molar refractivity (Wildman–Crippen MR) is 159 cm³/mol. The van der Waals surface area contributed by atoms with Crippen LogP contribution in [0.5, 0.6) is 0 Å². The van der Waals surface area contributed by atoms with Gasteiger partial charge in [-0.15, -0.1) is 0 Å². The number of carbonyl (C=O) groups is 3. The van der Waals surface area contributed by atoms with Crippen molar-refractivity contribution in [2.75, 3.05) is 19.6 Å². The second-order valence-electron chi connectivity index (χ2n) is 12.5. The molecule has 3 aliphatic rings. The Balaban J connectivity index is 1.30. The first-order valence-electron chi connectivity index (χ1n) is 15.3. The third kappa shape index (κ3) is 4.91. The SMILES string of the molecule is CCN(C(=O)c1cc(F)ccc1-n1c(C)c(C(=O)C2CCN(C(=O)[C@@H]3CCC4(CC4)N3)CC2)c2ccncc21)C(C)C. The normalized spacial score (nSPS) is 20.0. The van der Waals surface area contributed by atoms with Gasteiger partial charge in [0, 0.05) is 60.0 Å². The Hall–Kier alpha value is -3.59. The highest BCUT2D eigenvalue weighted by molar-refractivity contribution is 6.11. The maximum absolute atomic E-state index is 14.5. The number of rotatable bonds is 7. The molecule has 0 bridgehead atoms. The van der Waals surface area contributed by atoms with Crippen molar-refractivity contribution < 1.29 is 18.8 Å². The van der Waals surface area contributed by atoms with Crippen molar-refractivity contribution in [3.8, 4) is 5.69 Å². The molecule has 3 aromatic rings. The number of likely N-dealkylation sites (tertiary alicyclic amines) is 1. The van der Waals surface area contributed by atoms with Crippen LogP contribution in [0.2, 0.25) is 0 Å². The molecular weight excluding hydrogens is 533 g/mol. The minimum atomic E-state index is -0.494. The zero-order chi connectivity index (χ0) is 29.8. The molecule has 222 valence electrons. The highest BCUT2D eigenvalue weighted by Crippen LogP contribution is 2.45. The van der Waals surface area contributed by atoms with E-state index in [9.17, 15) is 18.8 Å². The van der Waals surface area contributed by atoms with Crippen LogP contribution in [0.25, 0.3) is 16.6 Å². The standard InChI is InChI=1S/C33H40FN5O3/c1-5-38(20(2)3)31(41)25-18-23(34)6-7-27(25)39-21(4)29(24-9-15-35-19-28(24)39)30(40)22-10-16-37(17-11-22)32(42)26-8-12-33(36-26)13-14-33/h6-7,9,15,18-20,22,26,36H,5,8,10-14,16-17H2,1-4H3/t26-/m0/s1. The number of carbonyl (C=O) groups excluding carboxylic acids is 3. The second-order valence-corrected chi connectivity index (χ2v) is 12.5. The summed E-state index contributed by atoms with van der Waals surface area (Å²) in [5, 5.41) is 4.32. The van der Waals surface area contributed by atoms with Gasteiger partial charge in [-0.05, 0) is 90.5 Å². The molecule has 1 aromatic carbocycles. The maximum Gasteiger partial charge on any atom is 0.256 e. The molecule has 9 heteroatoms. The summed E-state index contributed by atoms with van der Waals surface area (Å²) in [5.74, 6) is -0.761. The first-order valence-corrected chi connectivity index (χ1v) is 15.3. The van der Waals surface area contributed by atoms with E-state index < -0.39 is 5.82 Å². The monoisotopic (exact) mass is 573 g/mol. The number of aromatic nitrogens is 2. The zero-order valence-corrected chi connectivity index (χ0v) is 25.0. The Kier molecular flexibility index (Phi) is 7.41. The van der Waals surface area contributed by atoms with Gasteiger partial charge >= 0.3 is 0 Å². The number of nitrogens with zero attached hydrogens (tertiary/aromatic N) is 4. The molecule has 1 aliphatic carbocycles. The van der Waals surface area contributed by atoms with Gasteiger partial charge in [-0.3, -0.25) is 19.4 Å². The summed E-state index contributed by atoms with van der Waals surface area (Å²) in [6, 6.07) is 5.91. The number of fused-ring (bicyclic) bond motifs is 1. The molecule has 1 N–H and O–H groups in total. The molecule has 2 aliphatic heterocycles. The number of halogens is 1. The Morgan fingerprint density at radius 2 is 1.86 bits per heavy atom. The third-order valence-corrected chi connectivity index (χ3v) is 9.63. The quantitative estimate of drug-likeness (QED) is 0.400. The van der Waals surface area contributed by atoms with E-state index in [4.69, 9.17) is 0 Å². The molecule has 0 unspecified atom stereocenters. The van der Waals surface area contributed by atoms with E-state index in [-0.39, 0.29) is 46.7 Å². The third-order valence-electron chi connectivity index (χ3n) is 9.63. The van der Waals surface area contributed by atoms with E-state index in [1.54, 1.807) is 23.4 Å². The first-order chi connectivity index (χ1) is 20.1. The summed E-state index contributed by atoms with van der Waals surface area (Å²) >= 11 is 0. The van der Waals surface area contributed by atoms with Crippen molar-refractivity contribution in [1.29, 1.82) is 0 Å². The number of hydrogen-bond donors (Lipinski definition) is 1. The summed E-state index contributed by atoms with van der Waals surface area (Å²) in [7, 11) is 0. The molecule has 8 nitrogen and oxygen atoms in total. The summed E-state index contributed by atoms with van der Waals surface area (Å²) in [6.07, 6.45) is 8.88. The van der Waals surface area contributed by atoms with Gasteiger partial charge < -0.3 is 19.7 Å². The van der Waals surface area contributed by atoms with Crippen LogP contribution in [0.4, 0.5) is 4.39 Å². The van der Waals surface area contributed by atoms with Gasteiger partial charge in [0.2, 0.25) is 5.91 Å². The van der Waals surface area contributed by atoms with Gasteiger partial charge in [-0.25, -0.2) is 4.39 Å². The summed E-state index contributed by atoms with van der Waals surface area (Å²) in [6.45, 7) is 9.27. The van der Waals surface area contributed by atoms with Crippen molar-refractivity contribution in [3.63, 3.8) is 0 Å². The van der Waals surface area contributed by atoms with Crippen LogP contribution in [0.15, 0.2) is 36.7 Å². The van der Waals surface area contributed by atoms with E-state index in [1.807, 2.05) is 43.2 Å². The number of pyridine rings is 1. The van der Waals surface area contributed by atoms with Gasteiger partial charge in [0.15, 0.2) is 5.78 Å². The van der Waals surface area contributed by atoms with Gasteiger partial charge in [0.05, 0.1) is 29.0 Å². The smallest absolute Gasteiger partial charge is 0.256 e. The van der Waals surface area contributed by atoms with E-state index in [1.165, 1.54) is 12.1 Å². The molecule has 1 atom stereocenters. The van der Waals surface area contributed by atoms with Gasteiger partial charge in [-0.1, -0.05) is 0 Å². The van der Waals surface area contributed by atoms with Crippen LogP contribution in [-0.2, 0) is 4.79 Å². The maximum atomic E-state index is 14.5. The van der Waals surface area contributed by atoms with E-state index in [0.717, 1.165) is 31.1 Å². The van der Waals surface area contributed by atoms with Crippen LogP contribution >= 0.6 is 0 Å². The Morgan fingerprint density at radius 1 is 1.12 bits per heavy atom. The Bertz CT molecular complexity index is 1550.